The zero-order valence-electron chi connectivity index (χ0n) is 11.3. The number of nitrogens with zero attached hydrogens (tertiary/aromatic N) is 1. The molecule has 5 nitrogen and oxygen atoms in total. The molecule has 0 saturated carbocycles. The second-order valence-corrected chi connectivity index (χ2v) is 4.69. The third kappa shape index (κ3) is 2.46. The number of carbonyl (C=O) groups is 1. The summed E-state index contributed by atoms with van der Waals surface area (Å²) >= 11 is 0. The van der Waals surface area contributed by atoms with E-state index in [1.54, 1.807) is 12.1 Å². The lowest BCUT2D eigenvalue weighted by Crippen LogP contribution is -2.35. The van der Waals surface area contributed by atoms with Gasteiger partial charge in [-0.1, -0.05) is 12.1 Å². The van der Waals surface area contributed by atoms with Gasteiger partial charge in [-0.25, -0.2) is 13.8 Å². The number of hydrogen-bond acceptors (Lipinski definition) is 4. The minimum Gasteiger partial charge on any atom is -0.409 e. The van der Waals surface area contributed by atoms with Crippen molar-refractivity contribution >= 4 is 16.8 Å². The molecule has 6 heteroatoms. The van der Waals surface area contributed by atoms with Gasteiger partial charge in [-0.15, -0.1) is 0 Å². The van der Waals surface area contributed by atoms with E-state index in [1.807, 2.05) is 0 Å². The van der Waals surface area contributed by atoms with Crippen LogP contribution in [0.1, 0.15) is 10.4 Å². The third-order valence-corrected chi connectivity index (χ3v) is 3.25. The molecular formula is C16H10FNO4. The molecule has 0 atom stereocenters. The second-order valence-electron chi connectivity index (χ2n) is 4.69. The number of carbonyl (C=O) groups excluding carboxylic acids is 1. The summed E-state index contributed by atoms with van der Waals surface area (Å²) in [7, 11) is 0. The largest absolute Gasteiger partial charge is 0.422 e. The van der Waals surface area contributed by atoms with Gasteiger partial charge in [-0.05, 0) is 36.4 Å². The van der Waals surface area contributed by atoms with Gasteiger partial charge in [0.1, 0.15) is 11.4 Å². The molecule has 22 heavy (non-hydrogen) atoms. The van der Waals surface area contributed by atoms with Gasteiger partial charge in [-0.3, -0.25) is 9.59 Å². The van der Waals surface area contributed by atoms with Gasteiger partial charge in [0, 0.05) is 5.56 Å². The molecule has 3 aromatic rings. The van der Waals surface area contributed by atoms with Crippen LogP contribution < -0.4 is 11.3 Å². The number of benzene rings is 2. The first kappa shape index (κ1) is 13.9. The minimum atomic E-state index is -0.904. The highest BCUT2D eigenvalue weighted by atomic mass is 19.1. The van der Waals surface area contributed by atoms with E-state index < -0.39 is 29.5 Å². The Hall–Kier alpha value is -3.02. The Labute approximate surface area is 123 Å². The van der Waals surface area contributed by atoms with Crippen LogP contribution >= 0.6 is 0 Å². The lowest BCUT2D eigenvalue weighted by molar-refractivity contribution is 0.0966. The Bertz CT molecular complexity index is 970. The molecule has 0 bridgehead atoms. The van der Waals surface area contributed by atoms with E-state index in [0.717, 1.165) is 16.7 Å². The molecule has 0 aliphatic rings. The van der Waals surface area contributed by atoms with Crippen LogP contribution in [0.15, 0.2) is 62.5 Å². The highest BCUT2D eigenvalue weighted by Gasteiger charge is 2.14. The molecule has 0 spiro atoms. The summed E-state index contributed by atoms with van der Waals surface area (Å²) in [6.45, 7) is -0.461. The van der Waals surface area contributed by atoms with Crippen LogP contribution in [0.25, 0.3) is 11.0 Å². The molecule has 1 aromatic heterocycles. The van der Waals surface area contributed by atoms with Gasteiger partial charge >= 0.3 is 5.76 Å². The fourth-order valence-corrected chi connectivity index (χ4v) is 2.12. The fourth-order valence-electron chi connectivity index (χ4n) is 2.12. The molecule has 0 saturated heterocycles. The number of ketones is 1. The third-order valence-electron chi connectivity index (χ3n) is 3.25. The predicted molar refractivity (Wildman–Crippen MR) is 77.5 cm³/mol. The molecule has 0 unspecified atom stereocenters. The highest BCUT2D eigenvalue weighted by Crippen LogP contribution is 2.07. The van der Waals surface area contributed by atoms with Gasteiger partial charge in [0.05, 0.1) is 11.9 Å². The Kier molecular flexibility index (Phi) is 3.42. The summed E-state index contributed by atoms with van der Waals surface area (Å²) in [5, 5.41) is 0.217. The first-order valence-electron chi connectivity index (χ1n) is 6.48. The molecule has 0 aliphatic heterocycles. The number of rotatable bonds is 3. The van der Waals surface area contributed by atoms with Crippen molar-refractivity contribution < 1.29 is 13.6 Å². The molecule has 2 aromatic carbocycles. The van der Waals surface area contributed by atoms with Crippen LogP contribution in [-0.2, 0) is 6.54 Å². The average Bonchev–Trinajstić information content (AvgIpc) is 2.52. The van der Waals surface area contributed by atoms with Gasteiger partial charge in [0.15, 0.2) is 5.78 Å². The number of Topliss-reactive ketones (excluding diaryl/α,β-unsaturated/α-hetero) is 1. The predicted octanol–water partition coefficient (Wildman–Crippen LogP) is 1.98. The lowest BCUT2D eigenvalue weighted by Gasteiger charge is -2.05. The summed E-state index contributed by atoms with van der Waals surface area (Å²) in [6.07, 6.45) is 0. The number of aromatic nitrogens is 1. The number of halogens is 1. The Morgan fingerprint density at radius 1 is 1.05 bits per heavy atom. The highest BCUT2D eigenvalue weighted by molar-refractivity contribution is 5.95. The van der Waals surface area contributed by atoms with Gasteiger partial charge in [-0.2, -0.15) is 0 Å². The van der Waals surface area contributed by atoms with Crippen molar-refractivity contribution in [1.82, 2.24) is 4.57 Å². The van der Waals surface area contributed by atoms with Crippen molar-refractivity contribution in [2.75, 3.05) is 0 Å². The number of fused-ring (bicyclic) bond motifs is 1. The van der Waals surface area contributed by atoms with Crippen molar-refractivity contribution in [3.63, 3.8) is 0 Å². The summed E-state index contributed by atoms with van der Waals surface area (Å²) in [5.41, 5.74) is -0.217. The van der Waals surface area contributed by atoms with E-state index in [2.05, 4.69) is 0 Å². The van der Waals surface area contributed by atoms with Crippen molar-refractivity contribution in [2.45, 2.75) is 6.54 Å². The van der Waals surface area contributed by atoms with Crippen LogP contribution in [0, 0.1) is 5.82 Å². The molecule has 0 radical (unpaired) electrons. The van der Waals surface area contributed by atoms with Crippen LogP contribution in [0.5, 0.6) is 0 Å². The van der Waals surface area contributed by atoms with E-state index in [1.165, 1.54) is 24.3 Å². The van der Waals surface area contributed by atoms with E-state index in [4.69, 9.17) is 4.42 Å². The molecule has 0 fully saturated rings. The maximum atomic E-state index is 12.8. The fraction of sp³-hybridized carbons (Fsp3) is 0.0625. The average molecular weight is 299 g/mol. The number of para-hydroxylation sites is 1. The normalized spacial score (nSPS) is 10.8. The summed E-state index contributed by atoms with van der Waals surface area (Å²) in [4.78, 5) is 36.2. The molecule has 3 rings (SSSR count). The van der Waals surface area contributed by atoms with Crippen molar-refractivity contribution in [1.29, 1.82) is 0 Å². The SMILES string of the molecule is O=C(Cn1c(=O)oc2ccccc2c1=O)c1ccc(F)cc1. The van der Waals surface area contributed by atoms with Gasteiger partial charge in [0.25, 0.3) is 5.56 Å². The summed E-state index contributed by atoms with van der Waals surface area (Å²) in [5.74, 6) is -1.86. The van der Waals surface area contributed by atoms with E-state index >= 15 is 0 Å². The van der Waals surface area contributed by atoms with E-state index in [0.29, 0.717) is 0 Å². The lowest BCUT2D eigenvalue weighted by atomic mass is 10.1. The van der Waals surface area contributed by atoms with Crippen LogP contribution in [0.2, 0.25) is 0 Å². The standard InChI is InChI=1S/C16H10FNO4/c17-11-7-5-10(6-8-11)13(19)9-18-15(20)12-3-1-2-4-14(12)22-16(18)21/h1-8H,9H2. The number of hydrogen-bond donors (Lipinski definition) is 0. The van der Waals surface area contributed by atoms with Crippen LogP contribution in [0.3, 0.4) is 0 Å². The first-order valence-corrected chi connectivity index (χ1v) is 6.48. The Balaban J connectivity index is 2.04. The zero-order valence-corrected chi connectivity index (χ0v) is 11.3. The smallest absolute Gasteiger partial charge is 0.409 e. The maximum absolute atomic E-state index is 12.8. The quantitative estimate of drug-likeness (QED) is 0.693. The maximum Gasteiger partial charge on any atom is 0.422 e. The topological polar surface area (TPSA) is 69.3 Å². The van der Waals surface area contributed by atoms with Crippen LogP contribution in [0.4, 0.5) is 4.39 Å². The second kappa shape index (κ2) is 5.40. The molecule has 110 valence electrons. The molecule has 0 N–H and O–H groups in total. The summed E-state index contributed by atoms with van der Waals surface area (Å²) < 4.78 is 18.6. The Morgan fingerprint density at radius 3 is 2.45 bits per heavy atom. The monoisotopic (exact) mass is 299 g/mol. The van der Waals surface area contributed by atoms with Crippen molar-refractivity contribution in [3.8, 4) is 0 Å². The van der Waals surface area contributed by atoms with Crippen molar-refractivity contribution in [3.05, 3.63) is 80.8 Å². The molecule has 0 amide bonds. The molecule has 1 heterocycles. The van der Waals surface area contributed by atoms with E-state index in [-0.39, 0.29) is 16.5 Å². The van der Waals surface area contributed by atoms with Crippen molar-refractivity contribution in [2.24, 2.45) is 0 Å². The van der Waals surface area contributed by atoms with Crippen LogP contribution in [-0.4, -0.2) is 10.4 Å². The zero-order chi connectivity index (χ0) is 15.7. The van der Waals surface area contributed by atoms with Gasteiger partial charge < -0.3 is 4.42 Å². The van der Waals surface area contributed by atoms with E-state index in [9.17, 15) is 18.8 Å². The van der Waals surface area contributed by atoms with Gasteiger partial charge in [0.2, 0.25) is 0 Å². The Morgan fingerprint density at radius 2 is 1.73 bits per heavy atom. The first-order chi connectivity index (χ1) is 10.6. The minimum absolute atomic E-state index is 0.169. The molecule has 0 aliphatic carbocycles. The molecular weight excluding hydrogens is 289 g/mol. The summed E-state index contributed by atoms with van der Waals surface area (Å²) in [6, 6.07) is 11.2.